The zero-order valence-corrected chi connectivity index (χ0v) is 13.1. The van der Waals surface area contributed by atoms with Crippen LogP contribution in [-0.2, 0) is 0 Å². The molecule has 1 fully saturated rings. The van der Waals surface area contributed by atoms with Crippen molar-refractivity contribution in [2.45, 2.75) is 36.2 Å². The van der Waals surface area contributed by atoms with Crippen molar-refractivity contribution in [2.75, 3.05) is 26.4 Å². The molecule has 4 heteroatoms. The van der Waals surface area contributed by atoms with Gasteiger partial charge in [-0.05, 0) is 38.3 Å². The predicted molar refractivity (Wildman–Crippen MR) is 83.5 cm³/mol. The third-order valence-corrected chi connectivity index (χ3v) is 4.67. The molecular weight excluding hydrogens is 270 g/mol. The highest BCUT2D eigenvalue weighted by atomic mass is 32.2. The lowest BCUT2D eigenvalue weighted by Gasteiger charge is -2.28. The molecule has 0 amide bonds. The van der Waals surface area contributed by atoms with E-state index in [2.05, 4.69) is 0 Å². The summed E-state index contributed by atoms with van der Waals surface area (Å²) < 4.78 is 0. The molecular formula is C16H23NO2S. The van der Waals surface area contributed by atoms with Gasteiger partial charge in [0.2, 0.25) is 0 Å². The fourth-order valence-corrected chi connectivity index (χ4v) is 3.27. The summed E-state index contributed by atoms with van der Waals surface area (Å²) >= 11 is 1.67. The van der Waals surface area contributed by atoms with Gasteiger partial charge in [-0.15, -0.1) is 11.8 Å². The third kappa shape index (κ3) is 4.08. The van der Waals surface area contributed by atoms with E-state index in [-0.39, 0.29) is 5.78 Å². The number of nitrogens with zero attached hydrogens (tertiary/aromatic N) is 1. The van der Waals surface area contributed by atoms with E-state index in [0.717, 1.165) is 36.1 Å². The average molecular weight is 293 g/mol. The highest BCUT2D eigenvalue weighted by Gasteiger charge is 2.32. The standard InChI is InChI=1S/C16H23NO2S/c1-17(12-16(19)9-3-4-10-16)11-15(18)13-5-7-14(20-2)8-6-13/h5-8,19H,3-4,9-12H2,1-2H3. The van der Waals surface area contributed by atoms with Crippen LogP contribution in [0.1, 0.15) is 36.0 Å². The van der Waals surface area contributed by atoms with Crippen LogP contribution in [0.25, 0.3) is 0 Å². The first-order chi connectivity index (χ1) is 9.52. The van der Waals surface area contributed by atoms with Crippen molar-refractivity contribution in [3.8, 4) is 0 Å². The van der Waals surface area contributed by atoms with Gasteiger partial charge < -0.3 is 5.11 Å². The van der Waals surface area contributed by atoms with Crippen LogP contribution >= 0.6 is 11.8 Å². The molecule has 0 spiro atoms. The van der Waals surface area contributed by atoms with Gasteiger partial charge in [0, 0.05) is 17.0 Å². The minimum absolute atomic E-state index is 0.113. The highest BCUT2D eigenvalue weighted by molar-refractivity contribution is 7.98. The molecule has 20 heavy (non-hydrogen) atoms. The minimum atomic E-state index is -0.586. The van der Waals surface area contributed by atoms with E-state index in [9.17, 15) is 9.90 Å². The van der Waals surface area contributed by atoms with Crippen LogP contribution in [0.2, 0.25) is 0 Å². The van der Waals surface area contributed by atoms with Crippen LogP contribution in [0.5, 0.6) is 0 Å². The minimum Gasteiger partial charge on any atom is -0.389 e. The van der Waals surface area contributed by atoms with Crippen molar-refractivity contribution in [2.24, 2.45) is 0 Å². The van der Waals surface area contributed by atoms with Gasteiger partial charge in [0.25, 0.3) is 0 Å². The quantitative estimate of drug-likeness (QED) is 0.647. The van der Waals surface area contributed by atoms with Gasteiger partial charge in [0.05, 0.1) is 12.1 Å². The van der Waals surface area contributed by atoms with E-state index in [1.165, 1.54) is 0 Å². The number of carbonyl (C=O) groups is 1. The lowest BCUT2D eigenvalue weighted by atomic mass is 10.0. The molecule has 0 radical (unpaired) electrons. The van der Waals surface area contributed by atoms with E-state index >= 15 is 0 Å². The Morgan fingerprint density at radius 3 is 2.45 bits per heavy atom. The smallest absolute Gasteiger partial charge is 0.176 e. The van der Waals surface area contributed by atoms with Crippen molar-refractivity contribution in [3.05, 3.63) is 29.8 Å². The number of benzene rings is 1. The molecule has 1 saturated carbocycles. The Morgan fingerprint density at radius 2 is 1.90 bits per heavy atom. The van der Waals surface area contributed by atoms with Crippen LogP contribution in [0, 0.1) is 0 Å². The Morgan fingerprint density at radius 1 is 1.30 bits per heavy atom. The van der Waals surface area contributed by atoms with Crippen molar-refractivity contribution < 1.29 is 9.90 Å². The Balaban J connectivity index is 1.89. The number of carbonyl (C=O) groups excluding carboxylic acids is 1. The van der Waals surface area contributed by atoms with E-state index < -0.39 is 5.60 Å². The maximum absolute atomic E-state index is 12.2. The first kappa shape index (κ1) is 15.5. The molecule has 1 N–H and O–H groups in total. The van der Waals surface area contributed by atoms with Crippen molar-refractivity contribution in [1.82, 2.24) is 4.90 Å². The molecule has 0 heterocycles. The Hall–Kier alpha value is -0.840. The predicted octanol–water partition coefficient (Wildman–Crippen LogP) is 2.83. The first-order valence-corrected chi connectivity index (χ1v) is 8.33. The van der Waals surface area contributed by atoms with Gasteiger partial charge >= 0.3 is 0 Å². The number of hydrogen-bond donors (Lipinski definition) is 1. The normalized spacial score (nSPS) is 17.6. The molecule has 2 rings (SSSR count). The second-order valence-corrected chi connectivity index (χ2v) is 6.64. The maximum atomic E-state index is 12.2. The molecule has 0 aromatic heterocycles. The molecule has 0 atom stereocenters. The van der Waals surface area contributed by atoms with Crippen molar-refractivity contribution >= 4 is 17.5 Å². The summed E-state index contributed by atoms with van der Waals surface area (Å²) in [4.78, 5) is 15.3. The second-order valence-electron chi connectivity index (χ2n) is 5.76. The number of likely N-dealkylation sites (N-methyl/N-ethyl adjacent to an activating group) is 1. The van der Waals surface area contributed by atoms with Crippen LogP contribution in [0.3, 0.4) is 0 Å². The monoisotopic (exact) mass is 293 g/mol. The molecule has 3 nitrogen and oxygen atoms in total. The molecule has 1 aromatic carbocycles. The van der Waals surface area contributed by atoms with Crippen LogP contribution < -0.4 is 0 Å². The first-order valence-electron chi connectivity index (χ1n) is 7.11. The van der Waals surface area contributed by atoms with Gasteiger partial charge in [-0.2, -0.15) is 0 Å². The Bertz CT molecular complexity index is 452. The fraction of sp³-hybridized carbons (Fsp3) is 0.562. The zero-order chi connectivity index (χ0) is 14.6. The Labute approximate surface area is 125 Å². The molecule has 0 bridgehead atoms. The van der Waals surface area contributed by atoms with Gasteiger partial charge in [-0.1, -0.05) is 25.0 Å². The number of thioether (sulfide) groups is 1. The summed E-state index contributed by atoms with van der Waals surface area (Å²) in [6.45, 7) is 0.947. The fourth-order valence-electron chi connectivity index (χ4n) is 2.86. The molecule has 1 aliphatic carbocycles. The summed E-state index contributed by atoms with van der Waals surface area (Å²) in [6.07, 6.45) is 5.91. The van der Waals surface area contributed by atoms with Crippen LogP contribution in [0.15, 0.2) is 29.2 Å². The van der Waals surface area contributed by atoms with E-state index in [0.29, 0.717) is 13.1 Å². The van der Waals surface area contributed by atoms with Gasteiger partial charge in [0.1, 0.15) is 0 Å². The Kier molecular flexibility index (Phi) is 5.24. The summed E-state index contributed by atoms with van der Waals surface area (Å²) in [5, 5.41) is 10.4. The second kappa shape index (κ2) is 6.74. The molecule has 0 unspecified atom stereocenters. The van der Waals surface area contributed by atoms with E-state index in [1.54, 1.807) is 11.8 Å². The lowest BCUT2D eigenvalue weighted by molar-refractivity contribution is 0.0172. The SMILES string of the molecule is CSc1ccc(C(=O)CN(C)CC2(O)CCCC2)cc1. The lowest BCUT2D eigenvalue weighted by Crippen LogP contribution is -2.41. The van der Waals surface area contributed by atoms with Gasteiger partial charge in [0.15, 0.2) is 5.78 Å². The average Bonchev–Trinajstić information content (AvgIpc) is 2.84. The van der Waals surface area contributed by atoms with Crippen LogP contribution in [-0.4, -0.2) is 47.8 Å². The summed E-state index contributed by atoms with van der Waals surface area (Å²) in [5.74, 6) is 0.113. The molecule has 1 aliphatic rings. The van der Waals surface area contributed by atoms with Gasteiger partial charge in [-0.3, -0.25) is 9.69 Å². The van der Waals surface area contributed by atoms with E-state index in [4.69, 9.17) is 0 Å². The molecule has 1 aromatic rings. The van der Waals surface area contributed by atoms with Crippen molar-refractivity contribution in [3.63, 3.8) is 0 Å². The molecule has 110 valence electrons. The molecule has 0 saturated heterocycles. The number of hydrogen-bond acceptors (Lipinski definition) is 4. The highest BCUT2D eigenvalue weighted by Crippen LogP contribution is 2.29. The number of ketones is 1. The van der Waals surface area contributed by atoms with Crippen LogP contribution in [0.4, 0.5) is 0 Å². The zero-order valence-electron chi connectivity index (χ0n) is 12.3. The number of aliphatic hydroxyl groups is 1. The summed E-state index contributed by atoms with van der Waals surface area (Å²) in [6, 6.07) is 7.71. The topological polar surface area (TPSA) is 40.5 Å². The summed E-state index contributed by atoms with van der Waals surface area (Å²) in [7, 11) is 1.91. The van der Waals surface area contributed by atoms with Gasteiger partial charge in [-0.25, -0.2) is 0 Å². The van der Waals surface area contributed by atoms with Crippen molar-refractivity contribution in [1.29, 1.82) is 0 Å². The summed E-state index contributed by atoms with van der Waals surface area (Å²) in [5.41, 5.74) is 0.158. The molecule has 0 aliphatic heterocycles. The third-order valence-electron chi connectivity index (χ3n) is 3.92. The number of Topliss-reactive ketones (excluding diaryl/α,β-unsaturated/α-hetero) is 1. The number of rotatable bonds is 6. The largest absolute Gasteiger partial charge is 0.389 e. The maximum Gasteiger partial charge on any atom is 0.176 e. The van der Waals surface area contributed by atoms with E-state index in [1.807, 2.05) is 42.5 Å².